The first kappa shape index (κ1) is 15.7. The molecule has 0 saturated heterocycles. The number of nitrogens with two attached hydrogens (primary N) is 1. The van der Waals surface area contributed by atoms with E-state index in [2.05, 4.69) is 34.1 Å². The molecule has 0 atom stereocenters. The van der Waals surface area contributed by atoms with E-state index in [1.165, 1.54) is 12.0 Å². The van der Waals surface area contributed by atoms with Crippen molar-refractivity contribution >= 4 is 18.3 Å². The Bertz CT molecular complexity index is 978. The maximum Gasteiger partial charge on any atom is 0.148 e. The van der Waals surface area contributed by atoms with Crippen LogP contribution >= 0.6 is 0 Å². The normalized spacial score (nSPS) is 19.0. The number of rotatable bonds is 3. The minimum absolute atomic E-state index is 0.0808. The van der Waals surface area contributed by atoms with E-state index in [1.807, 2.05) is 37.5 Å². The highest BCUT2D eigenvalue weighted by molar-refractivity contribution is 5.70. The van der Waals surface area contributed by atoms with Crippen molar-refractivity contribution < 1.29 is 0 Å². The number of allylic oxidation sites excluding steroid dienone is 3. The molecule has 5 nitrogen and oxygen atoms in total. The molecule has 2 N–H and O–H groups in total. The van der Waals surface area contributed by atoms with Crippen molar-refractivity contribution in [2.45, 2.75) is 38.1 Å². The summed E-state index contributed by atoms with van der Waals surface area (Å²) in [5, 5.41) is 1.51. The highest BCUT2D eigenvalue weighted by atomic mass is 15.3. The molecule has 0 radical (unpaired) electrons. The summed E-state index contributed by atoms with van der Waals surface area (Å²) >= 11 is 0. The lowest BCUT2D eigenvalue weighted by molar-refractivity contribution is 0.301. The SMILES string of the molecule is C=C1N(Cc2nc(=C)/c(=C\C=C/C)n2N)c2cnccc2C12CCC2. The molecule has 1 saturated carbocycles. The van der Waals surface area contributed by atoms with Crippen LogP contribution in [0, 0.1) is 0 Å². The van der Waals surface area contributed by atoms with Gasteiger partial charge < -0.3 is 10.7 Å². The summed E-state index contributed by atoms with van der Waals surface area (Å²) < 4.78 is 1.62. The van der Waals surface area contributed by atoms with Crippen LogP contribution in [0.15, 0.2) is 42.9 Å². The number of fused-ring (bicyclic) bond motifs is 2. The zero-order valence-electron chi connectivity index (χ0n) is 14.6. The van der Waals surface area contributed by atoms with E-state index in [0.717, 1.165) is 35.4 Å². The summed E-state index contributed by atoms with van der Waals surface area (Å²) in [6, 6.07) is 2.13. The van der Waals surface area contributed by atoms with E-state index in [-0.39, 0.29) is 5.41 Å². The molecule has 2 aromatic heterocycles. The highest BCUT2D eigenvalue weighted by Crippen LogP contribution is 2.57. The molecule has 25 heavy (non-hydrogen) atoms. The number of imidazole rings is 1. The van der Waals surface area contributed by atoms with Crippen LogP contribution < -0.4 is 21.4 Å². The summed E-state index contributed by atoms with van der Waals surface area (Å²) in [6.07, 6.45) is 13.2. The highest BCUT2D eigenvalue weighted by Gasteiger charge is 2.50. The van der Waals surface area contributed by atoms with E-state index in [4.69, 9.17) is 5.84 Å². The van der Waals surface area contributed by atoms with Crippen molar-refractivity contribution in [3.63, 3.8) is 0 Å². The van der Waals surface area contributed by atoms with Crippen molar-refractivity contribution in [2.24, 2.45) is 0 Å². The van der Waals surface area contributed by atoms with Gasteiger partial charge in [0.1, 0.15) is 5.82 Å². The Labute approximate surface area is 147 Å². The standard InChI is InChI=1S/C20H23N5/c1-4-5-7-17-14(2)23-19(25(17)21)13-24-15(3)20(9-6-10-20)16-8-11-22-12-18(16)24/h4-5,7-8,11-12H,2-3,6,9-10,13,21H2,1H3/b5-4-,17-7+. The topological polar surface area (TPSA) is 60.0 Å². The summed E-state index contributed by atoms with van der Waals surface area (Å²) in [5.74, 6) is 7.05. The molecule has 0 aromatic carbocycles. The minimum atomic E-state index is 0.0808. The molecule has 5 heteroatoms. The van der Waals surface area contributed by atoms with Gasteiger partial charge in [-0.2, -0.15) is 0 Å². The summed E-state index contributed by atoms with van der Waals surface area (Å²) in [6.45, 7) is 11.0. The van der Waals surface area contributed by atoms with E-state index < -0.39 is 0 Å². The fourth-order valence-corrected chi connectivity index (χ4v) is 4.00. The molecule has 0 amide bonds. The van der Waals surface area contributed by atoms with Gasteiger partial charge in [0.15, 0.2) is 0 Å². The van der Waals surface area contributed by atoms with Gasteiger partial charge >= 0.3 is 0 Å². The predicted octanol–water partition coefficient (Wildman–Crippen LogP) is 1.71. The van der Waals surface area contributed by atoms with Crippen LogP contribution in [0.2, 0.25) is 0 Å². The Kier molecular flexibility index (Phi) is 3.53. The maximum absolute atomic E-state index is 6.28. The Morgan fingerprint density at radius 2 is 2.16 bits per heavy atom. The molecule has 1 aliphatic heterocycles. The largest absolute Gasteiger partial charge is 0.337 e. The summed E-state index contributed by atoms with van der Waals surface area (Å²) in [5.41, 5.74) is 3.68. The number of pyridine rings is 1. The van der Waals surface area contributed by atoms with Crippen LogP contribution in [-0.4, -0.2) is 14.6 Å². The van der Waals surface area contributed by atoms with Gasteiger partial charge in [0.25, 0.3) is 0 Å². The van der Waals surface area contributed by atoms with Gasteiger partial charge in [0, 0.05) is 17.3 Å². The van der Waals surface area contributed by atoms with Crippen LogP contribution in [0.1, 0.15) is 37.6 Å². The molecule has 0 unspecified atom stereocenters. The number of aromatic nitrogens is 3. The van der Waals surface area contributed by atoms with Gasteiger partial charge in [-0.25, -0.2) is 9.66 Å². The summed E-state index contributed by atoms with van der Waals surface area (Å²) in [4.78, 5) is 11.1. The predicted molar refractivity (Wildman–Crippen MR) is 102 cm³/mol. The lowest BCUT2D eigenvalue weighted by atomic mass is 9.64. The average Bonchev–Trinajstić information content (AvgIpc) is 2.98. The number of hydrogen-bond acceptors (Lipinski definition) is 4. The molecule has 2 aromatic rings. The lowest BCUT2D eigenvalue weighted by Gasteiger charge is -2.40. The van der Waals surface area contributed by atoms with Crippen molar-refractivity contribution in [1.82, 2.24) is 14.6 Å². The van der Waals surface area contributed by atoms with Crippen molar-refractivity contribution in [3.8, 4) is 0 Å². The third kappa shape index (κ3) is 2.15. The molecule has 1 fully saturated rings. The maximum atomic E-state index is 6.28. The smallest absolute Gasteiger partial charge is 0.148 e. The van der Waals surface area contributed by atoms with Crippen molar-refractivity contribution in [2.75, 3.05) is 10.7 Å². The molecule has 4 rings (SSSR count). The van der Waals surface area contributed by atoms with Crippen LogP contribution in [-0.2, 0) is 12.0 Å². The van der Waals surface area contributed by atoms with E-state index in [1.54, 1.807) is 4.68 Å². The van der Waals surface area contributed by atoms with E-state index >= 15 is 0 Å². The molecular weight excluding hydrogens is 310 g/mol. The average molecular weight is 333 g/mol. The van der Waals surface area contributed by atoms with Crippen molar-refractivity contribution in [1.29, 1.82) is 0 Å². The number of nitrogen functional groups attached to an aromatic ring is 1. The number of nitrogens with zero attached hydrogens (tertiary/aromatic N) is 4. The van der Waals surface area contributed by atoms with Crippen LogP contribution in [0.3, 0.4) is 0 Å². The first-order valence-electron chi connectivity index (χ1n) is 8.64. The van der Waals surface area contributed by atoms with Gasteiger partial charge in [0.05, 0.1) is 29.1 Å². The van der Waals surface area contributed by atoms with Gasteiger partial charge in [-0.05, 0) is 37.5 Å². The monoisotopic (exact) mass is 333 g/mol. The second-order valence-corrected chi connectivity index (χ2v) is 6.78. The number of anilines is 1. The Hall–Kier alpha value is -2.82. The first-order chi connectivity index (χ1) is 12.1. The lowest BCUT2D eigenvalue weighted by Crippen LogP contribution is -2.37. The number of hydrogen-bond donors (Lipinski definition) is 1. The third-order valence-electron chi connectivity index (χ3n) is 5.54. The van der Waals surface area contributed by atoms with Gasteiger partial charge in [-0.3, -0.25) is 4.98 Å². The van der Waals surface area contributed by atoms with Crippen LogP contribution in [0.5, 0.6) is 0 Å². The molecule has 3 heterocycles. The second-order valence-electron chi connectivity index (χ2n) is 6.78. The van der Waals surface area contributed by atoms with Gasteiger partial charge in [-0.1, -0.05) is 31.7 Å². The Morgan fingerprint density at radius 3 is 2.84 bits per heavy atom. The van der Waals surface area contributed by atoms with Crippen LogP contribution in [0.25, 0.3) is 12.7 Å². The van der Waals surface area contributed by atoms with Crippen molar-refractivity contribution in [3.05, 3.63) is 65.0 Å². The third-order valence-corrected chi connectivity index (χ3v) is 5.54. The zero-order chi connectivity index (χ0) is 17.6. The fraction of sp³-hybridized carbons (Fsp3) is 0.300. The fourth-order valence-electron chi connectivity index (χ4n) is 4.00. The van der Waals surface area contributed by atoms with Gasteiger partial charge in [0.2, 0.25) is 0 Å². The Balaban J connectivity index is 1.75. The minimum Gasteiger partial charge on any atom is -0.337 e. The molecular formula is C20H23N5. The molecule has 0 bridgehead atoms. The summed E-state index contributed by atoms with van der Waals surface area (Å²) in [7, 11) is 0. The molecule has 2 aliphatic rings. The Morgan fingerprint density at radius 1 is 1.36 bits per heavy atom. The zero-order valence-corrected chi connectivity index (χ0v) is 14.6. The quantitative estimate of drug-likeness (QED) is 0.869. The molecule has 1 aliphatic carbocycles. The second kappa shape index (κ2) is 5.62. The molecule has 1 spiro atoms. The van der Waals surface area contributed by atoms with E-state index in [9.17, 15) is 0 Å². The van der Waals surface area contributed by atoms with Gasteiger partial charge in [-0.15, -0.1) is 0 Å². The first-order valence-corrected chi connectivity index (χ1v) is 8.64. The molecule has 128 valence electrons. The van der Waals surface area contributed by atoms with Crippen LogP contribution in [0.4, 0.5) is 5.69 Å². The van der Waals surface area contributed by atoms with E-state index in [0.29, 0.717) is 11.9 Å².